The number of hydrogen-bond acceptors (Lipinski definition) is 4. The monoisotopic (exact) mass is 381 g/mol. The van der Waals surface area contributed by atoms with E-state index in [1.165, 1.54) is 0 Å². The third-order valence-electron chi connectivity index (χ3n) is 5.38. The van der Waals surface area contributed by atoms with Crippen molar-refractivity contribution in [2.45, 2.75) is 26.2 Å². The number of benzene rings is 2. The van der Waals surface area contributed by atoms with E-state index in [1.54, 1.807) is 7.05 Å². The molecule has 0 bridgehead atoms. The molecule has 1 atom stereocenters. The van der Waals surface area contributed by atoms with Crippen molar-refractivity contribution in [1.29, 1.82) is 0 Å². The molecule has 0 spiro atoms. The summed E-state index contributed by atoms with van der Waals surface area (Å²) in [5, 5.41) is 12.7. The third-order valence-corrected chi connectivity index (χ3v) is 5.38. The van der Waals surface area contributed by atoms with E-state index < -0.39 is 17.4 Å². The normalized spacial score (nSPS) is 15.0. The number of rotatable bonds is 8. The molecule has 1 aliphatic carbocycles. The molecular formula is C23H27NO4. The Balaban J connectivity index is 1.86. The first-order valence-electron chi connectivity index (χ1n) is 9.64. The van der Waals surface area contributed by atoms with Gasteiger partial charge in [-0.25, -0.2) is 0 Å². The number of carbonyl (C=O) groups is 2. The maximum atomic E-state index is 13.0. The number of esters is 1. The highest BCUT2D eigenvalue weighted by Crippen LogP contribution is 2.44. The molecule has 2 aromatic rings. The second-order valence-corrected chi connectivity index (χ2v) is 7.84. The van der Waals surface area contributed by atoms with Crippen molar-refractivity contribution < 1.29 is 19.4 Å². The van der Waals surface area contributed by atoms with Crippen LogP contribution in [0.5, 0.6) is 0 Å². The van der Waals surface area contributed by atoms with Crippen molar-refractivity contribution in [3.05, 3.63) is 59.7 Å². The van der Waals surface area contributed by atoms with Gasteiger partial charge >= 0.3 is 11.9 Å². The molecule has 0 saturated carbocycles. The van der Waals surface area contributed by atoms with Gasteiger partial charge in [-0.15, -0.1) is 0 Å². The van der Waals surface area contributed by atoms with Gasteiger partial charge < -0.3 is 15.2 Å². The summed E-state index contributed by atoms with van der Waals surface area (Å²) in [7, 11) is 1.65. The minimum atomic E-state index is -1.58. The van der Waals surface area contributed by atoms with Crippen LogP contribution in [0.1, 0.15) is 37.3 Å². The van der Waals surface area contributed by atoms with Gasteiger partial charge in [0.25, 0.3) is 0 Å². The van der Waals surface area contributed by atoms with E-state index in [0.717, 1.165) is 22.3 Å². The molecule has 2 aromatic carbocycles. The number of fused-ring (bicyclic) bond motifs is 3. The second kappa shape index (κ2) is 8.15. The summed E-state index contributed by atoms with van der Waals surface area (Å²) in [6.45, 7) is 3.98. The molecule has 0 radical (unpaired) electrons. The Morgan fingerprint density at radius 3 is 2.07 bits per heavy atom. The van der Waals surface area contributed by atoms with E-state index in [9.17, 15) is 14.7 Å². The van der Waals surface area contributed by atoms with Gasteiger partial charge in [-0.05, 0) is 41.6 Å². The van der Waals surface area contributed by atoms with Crippen molar-refractivity contribution in [3.8, 4) is 11.1 Å². The van der Waals surface area contributed by atoms with Gasteiger partial charge in [0.1, 0.15) is 6.61 Å². The Bertz CT molecular complexity index is 831. The Labute approximate surface area is 165 Å². The summed E-state index contributed by atoms with van der Waals surface area (Å²) in [6, 6.07) is 16.2. The van der Waals surface area contributed by atoms with E-state index in [1.807, 2.05) is 50.2 Å². The number of hydrogen-bond donors (Lipinski definition) is 2. The number of nitrogens with one attached hydrogen (secondary N) is 1. The van der Waals surface area contributed by atoms with Gasteiger partial charge in [0, 0.05) is 12.5 Å². The lowest BCUT2D eigenvalue weighted by molar-refractivity contribution is -0.170. The van der Waals surface area contributed by atoms with Crippen LogP contribution in [-0.2, 0) is 14.3 Å². The van der Waals surface area contributed by atoms with Crippen LogP contribution >= 0.6 is 0 Å². The molecule has 0 aliphatic heterocycles. The van der Waals surface area contributed by atoms with Crippen molar-refractivity contribution in [2.24, 2.45) is 11.3 Å². The lowest BCUT2D eigenvalue weighted by Crippen LogP contribution is -2.48. The zero-order valence-electron chi connectivity index (χ0n) is 16.6. The predicted molar refractivity (Wildman–Crippen MR) is 108 cm³/mol. The maximum Gasteiger partial charge on any atom is 0.324 e. The van der Waals surface area contributed by atoms with Gasteiger partial charge in [0.05, 0.1) is 0 Å². The van der Waals surface area contributed by atoms with Gasteiger partial charge in [0.15, 0.2) is 5.41 Å². The average Bonchev–Trinajstić information content (AvgIpc) is 2.99. The molecular weight excluding hydrogens is 354 g/mol. The summed E-state index contributed by atoms with van der Waals surface area (Å²) < 4.78 is 5.66. The number of carboxylic acid groups (broad SMARTS) is 1. The SMILES string of the molecule is CNC[C@](CC(C)C)(C(=O)O)C(=O)OCC1c2ccccc2-c2ccccc21. The average molecular weight is 381 g/mol. The zero-order valence-corrected chi connectivity index (χ0v) is 16.6. The molecule has 0 heterocycles. The zero-order chi connectivity index (χ0) is 20.3. The summed E-state index contributed by atoms with van der Waals surface area (Å²) in [4.78, 5) is 25.0. The minimum absolute atomic E-state index is 0.0389. The number of aliphatic carboxylic acids is 1. The lowest BCUT2D eigenvalue weighted by atomic mass is 9.80. The third kappa shape index (κ3) is 3.54. The van der Waals surface area contributed by atoms with Crippen molar-refractivity contribution >= 4 is 11.9 Å². The number of carboxylic acids is 1. The summed E-state index contributed by atoms with van der Waals surface area (Å²) in [6.07, 6.45) is 0.222. The molecule has 0 fully saturated rings. The topological polar surface area (TPSA) is 75.6 Å². The van der Waals surface area contributed by atoms with Crippen molar-refractivity contribution in [1.82, 2.24) is 5.32 Å². The smallest absolute Gasteiger partial charge is 0.324 e. The van der Waals surface area contributed by atoms with E-state index in [4.69, 9.17) is 4.74 Å². The molecule has 3 rings (SSSR count). The Morgan fingerprint density at radius 2 is 1.61 bits per heavy atom. The molecule has 2 N–H and O–H groups in total. The van der Waals surface area contributed by atoms with Crippen LogP contribution in [0.15, 0.2) is 48.5 Å². The van der Waals surface area contributed by atoms with Crippen molar-refractivity contribution in [2.75, 3.05) is 20.2 Å². The van der Waals surface area contributed by atoms with Crippen LogP contribution in [0.4, 0.5) is 0 Å². The maximum absolute atomic E-state index is 13.0. The van der Waals surface area contributed by atoms with Gasteiger partial charge in [0.2, 0.25) is 0 Å². The summed E-state index contributed by atoms with van der Waals surface area (Å²) in [5.74, 6) is -1.86. The van der Waals surface area contributed by atoms with Crippen LogP contribution in [0.3, 0.4) is 0 Å². The molecule has 148 valence electrons. The fourth-order valence-corrected chi connectivity index (χ4v) is 4.21. The molecule has 1 aliphatic rings. The lowest BCUT2D eigenvalue weighted by Gasteiger charge is -2.29. The van der Waals surface area contributed by atoms with Crippen LogP contribution in [0.2, 0.25) is 0 Å². The first-order chi connectivity index (χ1) is 13.4. The van der Waals surface area contributed by atoms with E-state index in [-0.39, 0.29) is 31.4 Å². The minimum Gasteiger partial charge on any atom is -0.480 e. The summed E-state index contributed by atoms with van der Waals surface area (Å²) in [5.41, 5.74) is 2.91. The highest BCUT2D eigenvalue weighted by molar-refractivity contribution is 5.99. The first-order valence-corrected chi connectivity index (χ1v) is 9.64. The molecule has 5 heteroatoms. The highest BCUT2D eigenvalue weighted by Gasteiger charge is 2.48. The van der Waals surface area contributed by atoms with Gasteiger partial charge in [-0.2, -0.15) is 0 Å². The fourth-order valence-electron chi connectivity index (χ4n) is 4.21. The van der Waals surface area contributed by atoms with E-state index in [0.29, 0.717) is 0 Å². The van der Waals surface area contributed by atoms with Crippen LogP contribution in [-0.4, -0.2) is 37.2 Å². The Hall–Kier alpha value is -2.66. The van der Waals surface area contributed by atoms with Gasteiger partial charge in [-0.1, -0.05) is 62.4 Å². The number of ether oxygens (including phenoxy) is 1. The van der Waals surface area contributed by atoms with E-state index >= 15 is 0 Å². The Kier molecular flexibility index (Phi) is 5.84. The summed E-state index contributed by atoms with van der Waals surface area (Å²) >= 11 is 0. The van der Waals surface area contributed by atoms with Crippen LogP contribution in [0.25, 0.3) is 11.1 Å². The molecule has 0 aromatic heterocycles. The van der Waals surface area contributed by atoms with Crippen LogP contribution in [0, 0.1) is 11.3 Å². The molecule has 28 heavy (non-hydrogen) atoms. The molecule has 0 saturated heterocycles. The van der Waals surface area contributed by atoms with Crippen molar-refractivity contribution in [3.63, 3.8) is 0 Å². The molecule has 0 amide bonds. The predicted octanol–water partition coefficient (Wildman–Crippen LogP) is 3.68. The first kappa shape index (κ1) is 20.1. The quantitative estimate of drug-likeness (QED) is 0.539. The second-order valence-electron chi connectivity index (χ2n) is 7.84. The molecule has 5 nitrogen and oxygen atoms in total. The van der Waals surface area contributed by atoms with E-state index in [2.05, 4.69) is 17.4 Å². The standard InChI is InChI=1S/C23H27NO4/c1-15(2)12-23(14-24-3,21(25)26)22(27)28-13-20-18-10-6-4-8-16(18)17-9-5-7-11-19(17)20/h4-11,15,20,24H,12-14H2,1-3H3,(H,25,26)/t23-/m1/s1. The largest absolute Gasteiger partial charge is 0.480 e. The Morgan fingerprint density at radius 1 is 1.07 bits per heavy atom. The number of carbonyl (C=O) groups excluding carboxylic acids is 1. The highest BCUT2D eigenvalue weighted by atomic mass is 16.5. The fraction of sp³-hybridized carbons (Fsp3) is 0.391. The van der Waals surface area contributed by atoms with Gasteiger partial charge in [-0.3, -0.25) is 9.59 Å². The molecule has 0 unspecified atom stereocenters. The van der Waals surface area contributed by atoms with Crippen LogP contribution < -0.4 is 5.32 Å².